The van der Waals surface area contributed by atoms with E-state index in [0.717, 1.165) is 5.56 Å². The van der Waals surface area contributed by atoms with E-state index >= 15 is 0 Å². The van der Waals surface area contributed by atoms with Crippen LogP contribution in [0.2, 0.25) is 0 Å². The standard InChI is InChI=1S/C14H18O5/c1-3-19-13(17)7-12(16)14(18)11-5-4-9(2)6-10(11)8-15/h4-6,8,12,14,16,18H,3,7H2,1-2H3. The highest BCUT2D eigenvalue weighted by Gasteiger charge is 2.24. The molecule has 0 saturated heterocycles. The van der Waals surface area contributed by atoms with Crippen molar-refractivity contribution in [3.05, 3.63) is 34.9 Å². The smallest absolute Gasteiger partial charge is 0.308 e. The minimum absolute atomic E-state index is 0.214. The number of carbonyl (C=O) groups is 2. The van der Waals surface area contributed by atoms with Gasteiger partial charge in [0.25, 0.3) is 0 Å². The average molecular weight is 266 g/mol. The molecule has 0 saturated carbocycles. The number of ether oxygens (including phenoxy) is 1. The van der Waals surface area contributed by atoms with Crippen molar-refractivity contribution < 1.29 is 24.5 Å². The number of esters is 1. The first kappa shape index (κ1) is 15.3. The van der Waals surface area contributed by atoms with E-state index in [9.17, 15) is 19.8 Å². The molecule has 0 fully saturated rings. The van der Waals surface area contributed by atoms with Crippen LogP contribution in [-0.4, -0.2) is 35.2 Å². The summed E-state index contributed by atoms with van der Waals surface area (Å²) in [5.41, 5.74) is 1.48. The van der Waals surface area contributed by atoms with Crippen molar-refractivity contribution >= 4 is 12.3 Å². The fraction of sp³-hybridized carbons (Fsp3) is 0.429. The zero-order valence-electron chi connectivity index (χ0n) is 11.0. The molecule has 0 heterocycles. The highest BCUT2D eigenvalue weighted by Crippen LogP contribution is 2.23. The van der Waals surface area contributed by atoms with E-state index in [-0.39, 0.29) is 13.0 Å². The van der Waals surface area contributed by atoms with Crippen LogP contribution in [0.5, 0.6) is 0 Å². The summed E-state index contributed by atoms with van der Waals surface area (Å²) < 4.78 is 4.69. The molecule has 5 heteroatoms. The van der Waals surface area contributed by atoms with Crippen LogP contribution in [0.3, 0.4) is 0 Å². The van der Waals surface area contributed by atoms with E-state index < -0.39 is 18.2 Å². The molecule has 0 bridgehead atoms. The van der Waals surface area contributed by atoms with Crippen molar-refractivity contribution in [1.82, 2.24) is 0 Å². The topological polar surface area (TPSA) is 83.8 Å². The van der Waals surface area contributed by atoms with E-state index in [0.29, 0.717) is 17.4 Å². The fourth-order valence-electron chi connectivity index (χ4n) is 1.78. The second-order valence-electron chi connectivity index (χ2n) is 4.27. The summed E-state index contributed by atoms with van der Waals surface area (Å²) in [4.78, 5) is 22.2. The molecule has 0 aliphatic heterocycles. The molecular weight excluding hydrogens is 248 g/mol. The minimum atomic E-state index is -1.31. The maximum Gasteiger partial charge on any atom is 0.308 e. The van der Waals surface area contributed by atoms with Crippen molar-refractivity contribution in [3.8, 4) is 0 Å². The van der Waals surface area contributed by atoms with Crippen LogP contribution in [0.1, 0.15) is 40.9 Å². The molecule has 19 heavy (non-hydrogen) atoms. The molecule has 2 unspecified atom stereocenters. The number of aliphatic hydroxyl groups is 2. The van der Waals surface area contributed by atoms with Crippen molar-refractivity contribution in [3.63, 3.8) is 0 Å². The lowest BCUT2D eigenvalue weighted by molar-refractivity contribution is -0.147. The second kappa shape index (κ2) is 7.01. The molecule has 0 aliphatic rings. The largest absolute Gasteiger partial charge is 0.466 e. The van der Waals surface area contributed by atoms with Crippen molar-refractivity contribution in [2.45, 2.75) is 32.5 Å². The zero-order valence-corrected chi connectivity index (χ0v) is 11.0. The summed E-state index contributed by atoms with van der Waals surface area (Å²) in [5.74, 6) is -0.589. The maximum atomic E-state index is 11.2. The Morgan fingerprint density at radius 2 is 2.11 bits per heavy atom. The number of benzene rings is 1. The highest BCUT2D eigenvalue weighted by molar-refractivity contribution is 5.78. The van der Waals surface area contributed by atoms with Gasteiger partial charge in [0, 0.05) is 5.56 Å². The van der Waals surface area contributed by atoms with Gasteiger partial charge in [-0.15, -0.1) is 0 Å². The molecule has 0 amide bonds. The van der Waals surface area contributed by atoms with Gasteiger partial charge < -0.3 is 14.9 Å². The maximum absolute atomic E-state index is 11.2. The Kier molecular flexibility index (Phi) is 5.66. The number of aryl methyl sites for hydroxylation is 1. The van der Waals surface area contributed by atoms with Gasteiger partial charge in [-0.05, 0) is 25.5 Å². The van der Waals surface area contributed by atoms with Gasteiger partial charge in [-0.3, -0.25) is 9.59 Å². The lowest BCUT2D eigenvalue weighted by Crippen LogP contribution is -2.24. The second-order valence-corrected chi connectivity index (χ2v) is 4.27. The number of rotatable bonds is 6. The molecular formula is C14H18O5. The summed E-state index contributed by atoms with van der Waals surface area (Å²) in [6.45, 7) is 3.69. The first-order valence-corrected chi connectivity index (χ1v) is 6.07. The predicted octanol–water partition coefficient (Wildman–Crippen LogP) is 1.16. The summed E-state index contributed by atoms with van der Waals surface area (Å²) in [6, 6.07) is 4.91. The van der Waals surface area contributed by atoms with Crippen molar-refractivity contribution in [1.29, 1.82) is 0 Å². The van der Waals surface area contributed by atoms with E-state index in [1.807, 2.05) is 6.92 Å². The molecule has 0 aromatic heterocycles. The summed E-state index contributed by atoms with van der Waals surface area (Å²) in [6.07, 6.45) is -2.31. The van der Waals surface area contributed by atoms with Crippen LogP contribution >= 0.6 is 0 Å². The Labute approximate surface area is 111 Å². The number of hydrogen-bond acceptors (Lipinski definition) is 5. The summed E-state index contributed by atoms with van der Waals surface area (Å²) in [7, 11) is 0. The molecule has 2 atom stereocenters. The molecule has 0 aliphatic carbocycles. The van der Waals surface area contributed by atoms with E-state index in [2.05, 4.69) is 0 Å². The normalized spacial score (nSPS) is 13.7. The van der Waals surface area contributed by atoms with Crippen LogP contribution in [0.25, 0.3) is 0 Å². The van der Waals surface area contributed by atoms with E-state index in [1.54, 1.807) is 25.1 Å². The molecule has 5 nitrogen and oxygen atoms in total. The lowest BCUT2D eigenvalue weighted by Gasteiger charge is -2.19. The summed E-state index contributed by atoms with van der Waals surface area (Å²) in [5, 5.41) is 19.8. The zero-order chi connectivity index (χ0) is 14.4. The highest BCUT2D eigenvalue weighted by atomic mass is 16.5. The van der Waals surface area contributed by atoms with Gasteiger partial charge in [0.05, 0.1) is 19.1 Å². The van der Waals surface area contributed by atoms with Gasteiger partial charge in [-0.1, -0.05) is 17.7 Å². The Morgan fingerprint density at radius 1 is 1.42 bits per heavy atom. The lowest BCUT2D eigenvalue weighted by atomic mass is 9.96. The minimum Gasteiger partial charge on any atom is -0.466 e. The molecule has 0 spiro atoms. The molecule has 1 aromatic rings. The van der Waals surface area contributed by atoms with Gasteiger partial charge >= 0.3 is 5.97 Å². The van der Waals surface area contributed by atoms with Crippen LogP contribution in [0.15, 0.2) is 18.2 Å². The Balaban J connectivity index is 2.84. The van der Waals surface area contributed by atoms with Gasteiger partial charge in [0.1, 0.15) is 12.4 Å². The molecule has 1 aromatic carbocycles. The predicted molar refractivity (Wildman–Crippen MR) is 68.8 cm³/mol. The Hall–Kier alpha value is -1.72. The van der Waals surface area contributed by atoms with Crippen molar-refractivity contribution in [2.24, 2.45) is 0 Å². The third-order valence-corrected chi connectivity index (χ3v) is 2.73. The SMILES string of the molecule is CCOC(=O)CC(O)C(O)c1ccc(C)cc1C=O. The monoisotopic (exact) mass is 266 g/mol. The number of carbonyl (C=O) groups excluding carboxylic acids is 2. The first-order valence-electron chi connectivity index (χ1n) is 6.07. The first-order chi connectivity index (χ1) is 8.99. The average Bonchev–Trinajstić information content (AvgIpc) is 2.37. The van der Waals surface area contributed by atoms with E-state index in [4.69, 9.17) is 4.74 Å². The van der Waals surface area contributed by atoms with Gasteiger partial charge in [0.15, 0.2) is 0 Å². The van der Waals surface area contributed by atoms with Crippen LogP contribution in [0, 0.1) is 6.92 Å². The number of aldehydes is 1. The van der Waals surface area contributed by atoms with Crippen LogP contribution in [-0.2, 0) is 9.53 Å². The Bertz CT molecular complexity index is 455. The molecule has 104 valence electrons. The molecule has 0 radical (unpaired) electrons. The Morgan fingerprint density at radius 3 is 2.68 bits per heavy atom. The quantitative estimate of drug-likeness (QED) is 0.596. The van der Waals surface area contributed by atoms with Gasteiger partial charge in [0.2, 0.25) is 0 Å². The third kappa shape index (κ3) is 4.15. The van der Waals surface area contributed by atoms with Crippen LogP contribution < -0.4 is 0 Å². The molecule has 1 rings (SSSR count). The number of hydrogen-bond donors (Lipinski definition) is 2. The fourth-order valence-corrected chi connectivity index (χ4v) is 1.78. The van der Waals surface area contributed by atoms with Crippen LogP contribution in [0.4, 0.5) is 0 Å². The number of aliphatic hydroxyl groups excluding tert-OH is 2. The van der Waals surface area contributed by atoms with Gasteiger partial charge in [-0.2, -0.15) is 0 Å². The van der Waals surface area contributed by atoms with E-state index in [1.165, 1.54) is 0 Å². The van der Waals surface area contributed by atoms with Gasteiger partial charge in [-0.25, -0.2) is 0 Å². The van der Waals surface area contributed by atoms with Crippen molar-refractivity contribution in [2.75, 3.05) is 6.61 Å². The third-order valence-electron chi connectivity index (χ3n) is 2.73. The summed E-state index contributed by atoms with van der Waals surface area (Å²) >= 11 is 0. The molecule has 2 N–H and O–H groups in total.